The second-order valence-electron chi connectivity index (χ2n) is 2.86. The smallest absolute Gasteiger partial charge is 0.238 e. The van der Waals surface area contributed by atoms with Gasteiger partial charge in [-0.25, -0.2) is 4.98 Å². The van der Waals surface area contributed by atoms with Gasteiger partial charge in [-0.3, -0.25) is 0 Å². The van der Waals surface area contributed by atoms with Crippen molar-refractivity contribution in [3.05, 3.63) is 14.2 Å². The average molecular weight is 355 g/mol. The van der Waals surface area contributed by atoms with Crippen LogP contribution in [0.2, 0.25) is 0 Å². The highest BCUT2D eigenvalue weighted by atomic mass is 127. The maximum atomic E-state index is 5.45. The van der Waals surface area contributed by atoms with Crippen molar-refractivity contribution in [3.8, 4) is 5.88 Å². The molecule has 0 saturated carbocycles. The van der Waals surface area contributed by atoms with Crippen LogP contribution in [-0.4, -0.2) is 25.2 Å². The van der Waals surface area contributed by atoms with Gasteiger partial charge in [0.25, 0.3) is 0 Å². The van der Waals surface area contributed by atoms with Crippen molar-refractivity contribution in [1.82, 2.24) is 4.98 Å². The molecule has 0 atom stereocenters. The zero-order valence-corrected chi connectivity index (χ0v) is 10.8. The number of anilines is 1. The molecule has 0 unspecified atom stereocenters. The molecule has 0 saturated heterocycles. The molecule has 2 heterocycles. The number of aromatic nitrogens is 1. The van der Waals surface area contributed by atoms with E-state index in [1.807, 2.05) is 13.1 Å². The van der Waals surface area contributed by atoms with E-state index in [0.29, 0.717) is 6.61 Å². The van der Waals surface area contributed by atoms with Crippen LogP contribution in [0.15, 0.2) is 10.5 Å². The molecule has 1 aromatic heterocycles. The molecule has 1 aliphatic heterocycles. The van der Waals surface area contributed by atoms with Gasteiger partial charge < -0.3 is 9.64 Å². The molecular formula is C8H8BrIN2O. The van der Waals surface area contributed by atoms with E-state index in [0.717, 1.165) is 26.3 Å². The third-order valence-electron chi connectivity index (χ3n) is 1.96. The number of hydrogen-bond donors (Lipinski definition) is 0. The Labute approximate surface area is 98.7 Å². The van der Waals surface area contributed by atoms with Crippen molar-refractivity contribution in [2.45, 2.75) is 0 Å². The van der Waals surface area contributed by atoms with Crippen molar-refractivity contribution >= 4 is 44.2 Å². The van der Waals surface area contributed by atoms with Crippen molar-refractivity contribution in [3.63, 3.8) is 0 Å². The van der Waals surface area contributed by atoms with Gasteiger partial charge in [0.15, 0.2) is 0 Å². The number of fused-ring (bicyclic) bond motifs is 1. The summed E-state index contributed by atoms with van der Waals surface area (Å²) in [5.74, 6) is 0.737. The molecule has 0 bridgehead atoms. The molecule has 3 nitrogen and oxygen atoms in total. The summed E-state index contributed by atoms with van der Waals surface area (Å²) in [6.45, 7) is 1.63. The molecule has 70 valence electrons. The minimum absolute atomic E-state index is 0.716. The van der Waals surface area contributed by atoms with Gasteiger partial charge in [-0.1, -0.05) is 0 Å². The minimum Gasteiger partial charge on any atom is -0.474 e. The van der Waals surface area contributed by atoms with Gasteiger partial charge in [0.1, 0.15) is 16.0 Å². The lowest BCUT2D eigenvalue weighted by Crippen LogP contribution is -2.29. The van der Waals surface area contributed by atoms with Crippen LogP contribution in [0.3, 0.4) is 0 Å². The molecule has 13 heavy (non-hydrogen) atoms. The van der Waals surface area contributed by atoms with E-state index >= 15 is 0 Å². The van der Waals surface area contributed by atoms with Crippen LogP contribution in [0.4, 0.5) is 5.69 Å². The quantitative estimate of drug-likeness (QED) is 0.528. The fourth-order valence-electron chi connectivity index (χ4n) is 1.22. The van der Waals surface area contributed by atoms with Gasteiger partial charge in [-0.2, -0.15) is 0 Å². The maximum Gasteiger partial charge on any atom is 0.238 e. The van der Waals surface area contributed by atoms with E-state index in [9.17, 15) is 0 Å². The summed E-state index contributed by atoms with van der Waals surface area (Å²) >= 11 is 5.63. The molecule has 0 N–H and O–H groups in total. The highest BCUT2D eigenvalue weighted by molar-refractivity contribution is 14.1. The van der Waals surface area contributed by atoms with Crippen LogP contribution >= 0.6 is 38.5 Å². The zero-order chi connectivity index (χ0) is 9.42. The van der Waals surface area contributed by atoms with Crippen molar-refractivity contribution in [2.75, 3.05) is 25.1 Å². The first kappa shape index (κ1) is 9.51. The lowest BCUT2D eigenvalue weighted by atomic mass is 10.3. The zero-order valence-electron chi connectivity index (χ0n) is 7.05. The SMILES string of the molecule is CN1CCOc2nc(I)c(Br)cc21. The molecule has 0 radical (unpaired) electrons. The minimum atomic E-state index is 0.716. The Balaban J connectivity index is 2.52. The molecule has 0 aromatic carbocycles. The Morgan fingerprint density at radius 2 is 2.46 bits per heavy atom. The molecular weight excluding hydrogens is 347 g/mol. The van der Waals surface area contributed by atoms with Crippen LogP contribution in [0, 0.1) is 3.70 Å². The lowest BCUT2D eigenvalue weighted by Gasteiger charge is -2.26. The van der Waals surface area contributed by atoms with Crippen molar-refractivity contribution in [2.24, 2.45) is 0 Å². The van der Waals surface area contributed by atoms with Crippen LogP contribution < -0.4 is 9.64 Å². The molecule has 0 fully saturated rings. The van der Waals surface area contributed by atoms with Gasteiger partial charge in [0, 0.05) is 7.05 Å². The summed E-state index contributed by atoms with van der Waals surface area (Å²) in [7, 11) is 2.04. The van der Waals surface area contributed by atoms with Crippen molar-refractivity contribution < 1.29 is 4.74 Å². The monoisotopic (exact) mass is 354 g/mol. The summed E-state index contributed by atoms with van der Waals surface area (Å²) in [5, 5.41) is 0. The number of halogens is 2. The number of ether oxygens (including phenoxy) is 1. The molecule has 1 aromatic rings. The van der Waals surface area contributed by atoms with E-state index in [4.69, 9.17) is 4.74 Å². The molecule has 1 aliphatic rings. The Hall–Kier alpha value is -0.0400. The van der Waals surface area contributed by atoms with E-state index in [1.54, 1.807) is 0 Å². The summed E-state index contributed by atoms with van der Waals surface area (Å²) in [6.07, 6.45) is 0. The highest BCUT2D eigenvalue weighted by Crippen LogP contribution is 2.33. The largest absolute Gasteiger partial charge is 0.474 e. The molecule has 2 rings (SSSR count). The van der Waals surface area contributed by atoms with Crippen LogP contribution in [0.1, 0.15) is 0 Å². The Morgan fingerprint density at radius 3 is 3.23 bits per heavy atom. The lowest BCUT2D eigenvalue weighted by molar-refractivity contribution is 0.298. The summed E-state index contributed by atoms with van der Waals surface area (Å²) in [4.78, 5) is 6.49. The normalized spacial score (nSPS) is 15.2. The number of likely N-dealkylation sites (N-methyl/N-ethyl adjacent to an activating group) is 1. The average Bonchev–Trinajstić information content (AvgIpc) is 2.09. The number of hydrogen-bond acceptors (Lipinski definition) is 3. The van der Waals surface area contributed by atoms with Gasteiger partial charge in [-0.15, -0.1) is 0 Å². The van der Waals surface area contributed by atoms with Gasteiger partial charge in [0.2, 0.25) is 5.88 Å². The van der Waals surface area contributed by atoms with Gasteiger partial charge >= 0.3 is 0 Å². The van der Waals surface area contributed by atoms with Crippen LogP contribution in [0.5, 0.6) is 5.88 Å². The second-order valence-corrected chi connectivity index (χ2v) is 4.73. The fraction of sp³-hybridized carbons (Fsp3) is 0.375. The van der Waals surface area contributed by atoms with Crippen LogP contribution in [0.25, 0.3) is 0 Å². The number of pyridine rings is 1. The number of nitrogens with zero attached hydrogens (tertiary/aromatic N) is 2. The summed E-state index contributed by atoms with van der Waals surface area (Å²) < 4.78 is 7.41. The Kier molecular flexibility index (Phi) is 2.64. The Morgan fingerprint density at radius 1 is 1.69 bits per heavy atom. The van der Waals surface area contributed by atoms with Crippen molar-refractivity contribution in [1.29, 1.82) is 0 Å². The molecule has 5 heteroatoms. The van der Waals surface area contributed by atoms with Crippen LogP contribution in [-0.2, 0) is 0 Å². The first-order chi connectivity index (χ1) is 6.18. The highest BCUT2D eigenvalue weighted by Gasteiger charge is 2.17. The van der Waals surface area contributed by atoms with Gasteiger partial charge in [0.05, 0.1) is 11.0 Å². The number of rotatable bonds is 0. The fourth-order valence-corrected chi connectivity index (χ4v) is 1.90. The predicted molar refractivity (Wildman–Crippen MR) is 63.4 cm³/mol. The van der Waals surface area contributed by atoms with E-state index in [2.05, 4.69) is 48.4 Å². The third kappa shape index (κ3) is 1.76. The molecule has 0 spiro atoms. The predicted octanol–water partition coefficient (Wildman–Crippen LogP) is 2.28. The van der Waals surface area contributed by atoms with E-state index in [1.165, 1.54) is 0 Å². The standard InChI is InChI=1S/C8H8BrIN2O/c1-12-2-3-13-8-6(12)4-5(9)7(10)11-8/h4H,2-3H2,1H3. The first-order valence-corrected chi connectivity index (χ1v) is 5.75. The maximum absolute atomic E-state index is 5.45. The van der Waals surface area contributed by atoms with E-state index < -0.39 is 0 Å². The topological polar surface area (TPSA) is 25.4 Å². The second kappa shape index (κ2) is 3.61. The molecule has 0 amide bonds. The van der Waals surface area contributed by atoms with Gasteiger partial charge in [-0.05, 0) is 44.6 Å². The summed E-state index contributed by atoms with van der Waals surface area (Å²) in [5.41, 5.74) is 1.05. The Bertz CT molecular complexity index is 345. The summed E-state index contributed by atoms with van der Waals surface area (Å²) in [6, 6.07) is 2.04. The third-order valence-corrected chi connectivity index (χ3v) is 4.12. The van der Waals surface area contributed by atoms with E-state index in [-0.39, 0.29) is 0 Å². The molecule has 0 aliphatic carbocycles. The first-order valence-electron chi connectivity index (χ1n) is 3.88.